The Hall–Kier alpha value is -0.730. The number of para-hydroxylation sites is 1. The predicted molar refractivity (Wildman–Crippen MR) is 150 cm³/mol. The van der Waals surface area contributed by atoms with Crippen LogP contribution in [0.3, 0.4) is 0 Å². The van der Waals surface area contributed by atoms with Crippen LogP contribution >= 0.6 is 24.8 Å². The van der Waals surface area contributed by atoms with E-state index in [-0.39, 0.29) is 39.7 Å². The Morgan fingerprint density at radius 2 is 1.19 bits per heavy atom. The standard InChI is InChI=1S/C9H7.C8H6N.2C4H9.2CH3.2ClH.Si.Zr/c1-2-5-9-7-3-6-8(9)4-1;1-2-4-8-7(3-1)5-6-9-8;2*1-4(2)3;;;;;;/h1-7H;1-5,9H;2*1-3H3;2*1H3;2*1H;;/q6*-1;;;;. The Kier molecular flexibility index (Phi) is 34.4. The van der Waals surface area contributed by atoms with Crippen molar-refractivity contribution in [3.05, 3.63) is 106 Å². The molecule has 1 heterocycles. The van der Waals surface area contributed by atoms with Gasteiger partial charge < -0.3 is 31.7 Å². The van der Waals surface area contributed by atoms with Crippen molar-refractivity contribution in [2.45, 2.75) is 41.5 Å². The van der Waals surface area contributed by atoms with Crippen molar-refractivity contribution in [2.75, 3.05) is 0 Å². The maximum Gasteiger partial charge on any atom is -0.0745 e. The second-order valence-corrected chi connectivity index (χ2v) is 7.16. The number of aromatic amines is 1. The fourth-order valence-corrected chi connectivity index (χ4v) is 2.00. The zero-order chi connectivity index (χ0) is 21.4. The molecule has 180 valence electrons. The van der Waals surface area contributed by atoms with Crippen LogP contribution in [0.2, 0.25) is 0 Å². The minimum absolute atomic E-state index is 0. The van der Waals surface area contributed by atoms with Gasteiger partial charge in [-0.2, -0.15) is 70.5 Å². The second-order valence-electron chi connectivity index (χ2n) is 7.16. The van der Waals surface area contributed by atoms with Crippen LogP contribution in [0.5, 0.6) is 0 Å². The topological polar surface area (TPSA) is 15.8 Å². The maximum atomic E-state index is 3.06. The van der Waals surface area contributed by atoms with Crippen LogP contribution in [0.1, 0.15) is 41.5 Å². The molecule has 0 aliphatic heterocycles. The summed E-state index contributed by atoms with van der Waals surface area (Å²) < 4.78 is 0. The van der Waals surface area contributed by atoms with Crippen molar-refractivity contribution in [1.82, 2.24) is 4.98 Å². The fourth-order valence-electron chi connectivity index (χ4n) is 2.00. The number of halogens is 2. The molecule has 0 aliphatic rings. The molecule has 0 aliphatic carbocycles. The molecule has 0 fully saturated rings. The van der Waals surface area contributed by atoms with Crippen molar-refractivity contribution in [3.8, 4) is 0 Å². The van der Waals surface area contributed by atoms with Gasteiger partial charge in [-0.05, 0) is 0 Å². The van der Waals surface area contributed by atoms with Crippen molar-refractivity contribution in [1.29, 1.82) is 0 Å². The van der Waals surface area contributed by atoms with Gasteiger partial charge in [0.1, 0.15) is 0 Å². The molecule has 0 unspecified atom stereocenters. The van der Waals surface area contributed by atoms with E-state index >= 15 is 0 Å². The van der Waals surface area contributed by atoms with Gasteiger partial charge in [0.15, 0.2) is 0 Å². The van der Waals surface area contributed by atoms with Gasteiger partial charge in [-0.15, -0.1) is 78.3 Å². The number of fused-ring (bicyclic) bond motifs is 2. The normalized spacial score (nSPS) is 8.09. The van der Waals surface area contributed by atoms with Crippen molar-refractivity contribution in [3.63, 3.8) is 0 Å². The first-order valence-corrected chi connectivity index (χ1v) is 13.4. The molecule has 5 heteroatoms. The molecular formula is C27H39Cl2NSiZr-6. The van der Waals surface area contributed by atoms with Gasteiger partial charge in [0.05, 0.1) is 0 Å². The largest absolute Gasteiger partial charge is 0.477 e. The fraction of sp³-hybridized carbons (Fsp3) is 0.222. The second kappa shape index (κ2) is 26.5. The molecule has 1 nitrogen and oxygen atoms in total. The summed E-state index contributed by atoms with van der Waals surface area (Å²) in [6, 6.07) is 24.7. The molecule has 0 spiro atoms. The quantitative estimate of drug-likeness (QED) is 0.161. The first kappa shape index (κ1) is 41.5. The van der Waals surface area contributed by atoms with Gasteiger partial charge in [-0.3, -0.25) is 0 Å². The molecule has 0 bridgehead atoms. The number of hydrogen-bond donors (Lipinski definition) is 1. The van der Waals surface area contributed by atoms with E-state index in [4.69, 9.17) is 0 Å². The Labute approximate surface area is 227 Å². The summed E-state index contributed by atoms with van der Waals surface area (Å²) in [7, 11) is 0. The first-order valence-electron chi connectivity index (χ1n) is 9.23. The van der Waals surface area contributed by atoms with Crippen LogP contribution in [0.4, 0.5) is 0 Å². The number of rotatable bonds is 0. The maximum absolute atomic E-state index is 3.06. The Bertz CT molecular complexity index is 734. The summed E-state index contributed by atoms with van der Waals surface area (Å²) in [6.45, 7) is 15.6. The zero-order valence-electron chi connectivity index (χ0n) is 20.7. The molecular weight excluding hydrogens is 529 g/mol. The molecule has 2 radical (unpaired) electrons. The average molecular weight is 568 g/mol. The Morgan fingerprint density at radius 3 is 1.66 bits per heavy atom. The molecule has 3 aromatic carbocycles. The number of nitrogens with one attached hydrogen (secondary N) is 1. The van der Waals surface area contributed by atoms with E-state index in [1.54, 1.807) is 0 Å². The SMILES string of the molecule is C[C-](C)C.C[C-](C)C.Cl.Cl.[CH3-].[CH3-].[Si]=[Zr].[c-]1cc2ccccc2[nH]1.c1ccc2[cH-]ccc2c1. The zero-order valence-corrected chi connectivity index (χ0v) is 25.8. The summed E-state index contributed by atoms with van der Waals surface area (Å²) in [4.78, 5) is 2.99. The van der Waals surface area contributed by atoms with E-state index in [1.807, 2.05) is 24.3 Å². The van der Waals surface area contributed by atoms with Crippen LogP contribution in [-0.2, 0) is 23.3 Å². The third-order valence-corrected chi connectivity index (χ3v) is 2.94. The summed E-state index contributed by atoms with van der Waals surface area (Å²) in [5.41, 5.74) is 1.15. The molecule has 4 rings (SSSR count). The van der Waals surface area contributed by atoms with E-state index in [2.05, 4.69) is 108 Å². The predicted octanol–water partition coefficient (Wildman–Crippen LogP) is 9.13. The molecule has 1 N–H and O–H groups in total. The van der Waals surface area contributed by atoms with Crippen LogP contribution in [0, 0.1) is 32.9 Å². The molecule has 0 saturated heterocycles. The van der Waals surface area contributed by atoms with Crippen LogP contribution in [0.15, 0.2) is 72.8 Å². The van der Waals surface area contributed by atoms with Crippen molar-refractivity contribution in [2.24, 2.45) is 0 Å². The van der Waals surface area contributed by atoms with Crippen LogP contribution in [-0.4, -0.2) is 11.9 Å². The van der Waals surface area contributed by atoms with Gasteiger partial charge in [0.25, 0.3) is 0 Å². The van der Waals surface area contributed by atoms with E-state index in [0.717, 1.165) is 5.52 Å². The minimum atomic E-state index is 0. The van der Waals surface area contributed by atoms with Gasteiger partial charge in [0.2, 0.25) is 0 Å². The third kappa shape index (κ3) is 21.1. The summed E-state index contributed by atoms with van der Waals surface area (Å²) >= 11 is 1.36. The molecule has 1 aromatic heterocycles. The summed E-state index contributed by atoms with van der Waals surface area (Å²) in [5.74, 6) is 2.83. The van der Waals surface area contributed by atoms with Crippen molar-refractivity contribution < 1.29 is 23.3 Å². The van der Waals surface area contributed by atoms with E-state index < -0.39 is 0 Å². The average Bonchev–Trinajstić information content (AvgIpc) is 3.32. The first-order chi connectivity index (χ1) is 13.4. The van der Waals surface area contributed by atoms with Gasteiger partial charge >= 0.3 is 30.2 Å². The number of benzene rings is 2. The molecule has 4 aromatic rings. The van der Waals surface area contributed by atoms with Crippen LogP contribution in [0.25, 0.3) is 21.7 Å². The van der Waals surface area contributed by atoms with Gasteiger partial charge in [0, 0.05) is 0 Å². The van der Waals surface area contributed by atoms with Gasteiger partial charge in [-0.1, -0.05) is 18.2 Å². The van der Waals surface area contributed by atoms with Crippen LogP contribution < -0.4 is 0 Å². The van der Waals surface area contributed by atoms with E-state index in [0.29, 0.717) is 0 Å². The Morgan fingerprint density at radius 1 is 0.750 bits per heavy atom. The van der Waals surface area contributed by atoms with Crippen molar-refractivity contribution >= 4 is 53.4 Å². The number of hydrogen-bond acceptors (Lipinski definition) is 0. The summed E-state index contributed by atoms with van der Waals surface area (Å²) in [6.07, 6.45) is 2.91. The molecule has 0 saturated carbocycles. The molecule has 0 atom stereocenters. The van der Waals surface area contributed by atoms with Gasteiger partial charge in [-0.25, -0.2) is 0 Å². The molecule has 0 amide bonds. The smallest absolute Gasteiger partial charge is 0.0745 e. The number of aromatic nitrogens is 1. The van der Waals surface area contributed by atoms with E-state index in [1.165, 1.54) is 51.3 Å². The Balaban J connectivity index is -0.000000101. The minimum Gasteiger partial charge on any atom is -0.477 e. The number of H-pyrrole nitrogens is 1. The monoisotopic (exact) mass is 565 g/mol. The third-order valence-electron chi connectivity index (χ3n) is 2.94. The molecule has 32 heavy (non-hydrogen) atoms. The summed E-state index contributed by atoms with van der Waals surface area (Å²) in [5, 5.41) is 3.88. The van der Waals surface area contributed by atoms with E-state index in [9.17, 15) is 0 Å².